The highest BCUT2D eigenvalue weighted by molar-refractivity contribution is 7.85. The summed E-state index contributed by atoms with van der Waals surface area (Å²) in [6.45, 7) is -0.0631. The minimum atomic E-state index is -3.48. The van der Waals surface area contributed by atoms with Gasteiger partial charge in [0.25, 0.3) is 10.1 Å². The molecule has 0 fully saturated rings. The summed E-state index contributed by atoms with van der Waals surface area (Å²) < 4.78 is 26.7. The van der Waals surface area contributed by atoms with Gasteiger partial charge in [-0.1, -0.05) is 0 Å². The fraction of sp³-hybridized carbons (Fsp3) is 0.429. The zero-order valence-electron chi connectivity index (χ0n) is 7.54. The van der Waals surface area contributed by atoms with Crippen molar-refractivity contribution < 1.29 is 22.8 Å². The van der Waals surface area contributed by atoms with E-state index in [1.807, 2.05) is 0 Å². The standard InChI is InChI=1S/C7H11NO5S/c1-14(11,12)13-5-4-8-6(9)2-3-7(8)10/h2-3,9-10H,4-5H2,1H3. The lowest BCUT2D eigenvalue weighted by atomic mass is 10.6. The molecule has 80 valence electrons. The Morgan fingerprint density at radius 3 is 2.29 bits per heavy atom. The zero-order valence-corrected chi connectivity index (χ0v) is 8.36. The van der Waals surface area contributed by atoms with Gasteiger partial charge in [0.15, 0.2) is 11.8 Å². The molecule has 0 aliphatic carbocycles. The Hall–Kier alpha value is -1.21. The van der Waals surface area contributed by atoms with E-state index in [-0.39, 0.29) is 24.9 Å². The lowest BCUT2D eigenvalue weighted by molar-refractivity contribution is 0.280. The SMILES string of the molecule is CS(=O)(=O)OCCn1c(O)ccc1O. The monoisotopic (exact) mass is 221 g/mol. The molecule has 0 unspecified atom stereocenters. The molecule has 1 aromatic rings. The third kappa shape index (κ3) is 2.93. The number of hydrogen-bond donors (Lipinski definition) is 2. The molecule has 0 saturated carbocycles. The molecule has 1 aromatic heterocycles. The highest BCUT2D eigenvalue weighted by Gasteiger charge is 2.07. The number of rotatable bonds is 4. The van der Waals surface area contributed by atoms with Crippen LogP contribution in [0.5, 0.6) is 11.8 Å². The van der Waals surface area contributed by atoms with Gasteiger partial charge in [0.2, 0.25) is 0 Å². The third-order valence-corrected chi connectivity index (χ3v) is 2.14. The summed E-state index contributed by atoms with van der Waals surface area (Å²) >= 11 is 0. The van der Waals surface area contributed by atoms with Crippen LogP contribution >= 0.6 is 0 Å². The summed E-state index contributed by atoms with van der Waals surface area (Å²) in [6, 6.07) is 2.60. The maximum atomic E-state index is 10.6. The molecule has 0 atom stereocenters. The van der Waals surface area contributed by atoms with Crippen molar-refractivity contribution in [3.05, 3.63) is 12.1 Å². The largest absolute Gasteiger partial charge is 0.494 e. The first-order valence-corrected chi connectivity index (χ1v) is 5.63. The predicted octanol–water partition coefficient (Wildman–Crippen LogP) is -0.125. The second kappa shape index (κ2) is 3.89. The van der Waals surface area contributed by atoms with Crippen molar-refractivity contribution in [3.63, 3.8) is 0 Å². The molecule has 6 nitrogen and oxygen atoms in total. The Bertz CT molecular complexity index is 388. The first-order valence-electron chi connectivity index (χ1n) is 3.82. The second-order valence-corrected chi connectivity index (χ2v) is 4.37. The molecule has 1 heterocycles. The Kier molecular flexibility index (Phi) is 3.02. The van der Waals surface area contributed by atoms with Crippen molar-refractivity contribution in [2.75, 3.05) is 12.9 Å². The van der Waals surface area contributed by atoms with E-state index in [1.165, 1.54) is 12.1 Å². The molecule has 0 spiro atoms. The molecule has 0 aliphatic rings. The van der Waals surface area contributed by atoms with E-state index in [0.717, 1.165) is 10.8 Å². The van der Waals surface area contributed by atoms with Gasteiger partial charge in [0.1, 0.15) is 0 Å². The van der Waals surface area contributed by atoms with Crippen LogP contribution in [0.1, 0.15) is 0 Å². The summed E-state index contributed by atoms with van der Waals surface area (Å²) in [7, 11) is -3.48. The minimum absolute atomic E-state index is 0.0672. The van der Waals surface area contributed by atoms with Gasteiger partial charge < -0.3 is 10.2 Å². The van der Waals surface area contributed by atoms with Gasteiger partial charge in [-0.3, -0.25) is 8.75 Å². The van der Waals surface area contributed by atoms with Crippen LogP contribution in [-0.2, 0) is 20.8 Å². The quantitative estimate of drug-likeness (QED) is 0.692. The molecular formula is C7H11NO5S. The van der Waals surface area contributed by atoms with Crippen molar-refractivity contribution in [1.82, 2.24) is 4.57 Å². The molecular weight excluding hydrogens is 210 g/mol. The molecule has 7 heteroatoms. The lowest BCUT2D eigenvalue weighted by Crippen LogP contribution is -2.09. The van der Waals surface area contributed by atoms with Gasteiger partial charge >= 0.3 is 0 Å². The van der Waals surface area contributed by atoms with Crippen molar-refractivity contribution in [2.45, 2.75) is 6.54 Å². The van der Waals surface area contributed by atoms with E-state index in [9.17, 15) is 8.42 Å². The third-order valence-electron chi connectivity index (χ3n) is 1.55. The van der Waals surface area contributed by atoms with E-state index in [1.54, 1.807) is 0 Å². The normalized spacial score (nSPS) is 11.8. The second-order valence-electron chi connectivity index (χ2n) is 2.73. The smallest absolute Gasteiger partial charge is 0.264 e. The van der Waals surface area contributed by atoms with E-state index in [2.05, 4.69) is 4.18 Å². The number of aromatic nitrogens is 1. The number of aromatic hydroxyl groups is 2. The summed E-state index contributed by atoms with van der Waals surface area (Å²) in [4.78, 5) is 0. The maximum absolute atomic E-state index is 10.6. The van der Waals surface area contributed by atoms with E-state index in [0.29, 0.717) is 0 Å². The molecule has 0 amide bonds. The Morgan fingerprint density at radius 2 is 1.86 bits per heavy atom. The summed E-state index contributed by atoms with van der Waals surface area (Å²) in [5, 5.41) is 18.3. The van der Waals surface area contributed by atoms with Gasteiger partial charge in [0, 0.05) is 12.1 Å². The summed E-state index contributed by atoms with van der Waals surface area (Å²) in [5.41, 5.74) is 0. The predicted molar refractivity (Wildman–Crippen MR) is 48.6 cm³/mol. The van der Waals surface area contributed by atoms with E-state index < -0.39 is 10.1 Å². The summed E-state index contributed by atoms with van der Waals surface area (Å²) in [6.07, 6.45) is 0.933. The molecule has 0 aliphatic heterocycles. The fourth-order valence-electron chi connectivity index (χ4n) is 0.955. The van der Waals surface area contributed by atoms with Gasteiger partial charge in [-0.25, -0.2) is 0 Å². The first-order chi connectivity index (χ1) is 6.40. The minimum Gasteiger partial charge on any atom is -0.494 e. The molecule has 0 aromatic carbocycles. The molecule has 1 rings (SSSR count). The first kappa shape index (κ1) is 10.9. The maximum Gasteiger partial charge on any atom is 0.264 e. The molecule has 0 saturated heterocycles. The highest BCUT2D eigenvalue weighted by Crippen LogP contribution is 2.20. The van der Waals surface area contributed by atoms with Gasteiger partial charge in [0.05, 0.1) is 19.4 Å². The van der Waals surface area contributed by atoms with Crippen LogP contribution in [0, 0.1) is 0 Å². The summed E-state index contributed by atoms with van der Waals surface area (Å²) in [5.74, 6) is -0.279. The lowest BCUT2D eigenvalue weighted by Gasteiger charge is -2.05. The fourth-order valence-corrected chi connectivity index (χ4v) is 1.33. The average Bonchev–Trinajstić information content (AvgIpc) is 2.33. The Balaban J connectivity index is 2.54. The van der Waals surface area contributed by atoms with Crippen LogP contribution in [0.25, 0.3) is 0 Å². The molecule has 2 N–H and O–H groups in total. The van der Waals surface area contributed by atoms with Crippen LogP contribution < -0.4 is 0 Å². The van der Waals surface area contributed by atoms with E-state index in [4.69, 9.17) is 10.2 Å². The van der Waals surface area contributed by atoms with Crippen molar-refractivity contribution in [1.29, 1.82) is 0 Å². The molecule has 0 bridgehead atoms. The van der Waals surface area contributed by atoms with Crippen LogP contribution in [0.4, 0.5) is 0 Å². The number of hydrogen-bond acceptors (Lipinski definition) is 5. The van der Waals surface area contributed by atoms with Gasteiger partial charge in [-0.15, -0.1) is 0 Å². The van der Waals surface area contributed by atoms with Gasteiger partial charge in [-0.05, 0) is 0 Å². The molecule has 0 radical (unpaired) electrons. The average molecular weight is 221 g/mol. The van der Waals surface area contributed by atoms with Crippen molar-refractivity contribution in [3.8, 4) is 11.8 Å². The topological polar surface area (TPSA) is 88.8 Å². The van der Waals surface area contributed by atoms with Crippen molar-refractivity contribution in [2.24, 2.45) is 0 Å². The highest BCUT2D eigenvalue weighted by atomic mass is 32.2. The zero-order chi connectivity index (χ0) is 10.8. The van der Waals surface area contributed by atoms with Gasteiger partial charge in [-0.2, -0.15) is 8.42 Å². The van der Waals surface area contributed by atoms with Crippen LogP contribution in [0.2, 0.25) is 0 Å². The van der Waals surface area contributed by atoms with E-state index >= 15 is 0 Å². The van der Waals surface area contributed by atoms with Crippen molar-refractivity contribution >= 4 is 10.1 Å². The van der Waals surface area contributed by atoms with Crippen LogP contribution in [0.15, 0.2) is 12.1 Å². The number of nitrogens with zero attached hydrogens (tertiary/aromatic N) is 1. The Morgan fingerprint density at radius 1 is 1.36 bits per heavy atom. The van der Waals surface area contributed by atoms with Crippen LogP contribution in [0.3, 0.4) is 0 Å². The Labute approximate surface area is 81.5 Å². The van der Waals surface area contributed by atoms with Crippen LogP contribution in [-0.4, -0.2) is 36.1 Å². The molecule has 14 heavy (non-hydrogen) atoms.